The number of anilines is 1. The molecule has 0 bridgehead atoms. The zero-order valence-electron chi connectivity index (χ0n) is 16.0. The molecule has 1 saturated heterocycles. The van der Waals surface area contributed by atoms with Crippen molar-refractivity contribution in [2.45, 2.75) is 31.1 Å². The van der Waals surface area contributed by atoms with Gasteiger partial charge >= 0.3 is 0 Å². The van der Waals surface area contributed by atoms with Crippen LogP contribution >= 0.6 is 0 Å². The van der Waals surface area contributed by atoms with Gasteiger partial charge in [0.05, 0.1) is 4.92 Å². The molecule has 0 saturated carbocycles. The van der Waals surface area contributed by atoms with Gasteiger partial charge in [-0.1, -0.05) is 31.5 Å². The van der Waals surface area contributed by atoms with Crippen LogP contribution in [0.3, 0.4) is 0 Å². The van der Waals surface area contributed by atoms with E-state index in [1.54, 1.807) is 24.3 Å². The van der Waals surface area contributed by atoms with Crippen molar-refractivity contribution < 1.29 is 18.1 Å². The van der Waals surface area contributed by atoms with Crippen molar-refractivity contribution >= 4 is 21.2 Å². The Balaban J connectivity index is 2.19. The topological polar surface area (TPSA) is 89.8 Å². The van der Waals surface area contributed by atoms with Gasteiger partial charge in [0.25, 0.3) is 5.69 Å². The summed E-state index contributed by atoms with van der Waals surface area (Å²) < 4.78 is 31.2. The van der Waals surface area contributed by atoms with Gasteiger partial charge in [0, 0.05) is 25.4 Å². The molecule has 1 aliphatic rings. The van der Waals surface area contributed by atoms with E-state index in [0.29, 0.717) is 24.8 Å². The summed E-state index contributed by atoms with van der Waals surface area (Å²) in [7, 11) is -3.78. The Morgan fingerprint density at radius 2 is 1.93 bits per heavy atom. The number of rotatable bonds is 6. The quantitative estimate of drug-likeness (QED) is 0.523. The monoisotopic (exact) mass is 404 g/mol. The molecular weight excluding hydrogens is 380 g/mol. The van der Waals surface area contributed by atoms with Crippen LogP contribution in [-0.2, 0) is 9.84 Å². The first kappa shape index (κ1) is 20.1. The second-order valence-electron chi connectivity index (χ2n) is 7.07. The molecule has 150 valence electrons. The molecule has 2 aromatic rings. The predicted octanol–water partition coefficient (Wildman–Crippen LogP) is 4.42. The van der Waals surface area contributed by atoms with Gasteiger partial charge in [-0.2, -0.15) is 0 Å². The minimum atomic E-state index is -3.78. The average molecular weight is 404 g/mol. The number of hydrogen-bond donors (Lipinski definition) is 0. The Morgan fingerprint density at radius 3 is 2.54 bits per heavy atom. The first-order valence-electron chi connectivity index (χ1n) is 9.30. The van der Waals surface area contributed by atoms with Crippen molar-refractivity contribution in [3.63, 3.8) is 0 Å². The number of nitrogens with zero attached hydrogens (tertiary/aromatic N) is 2. The molecule has 0 spiro atoms. The standard InChI is InChI=1S/C20H24N2O5S/c1-3-15-8-7-13-21(14-15)19-17(22(23)24)11-12-18(20(19)28(2,25)26)27-16-9-5-4-6-10-16/h4-6,9-12,15H,3,7-8,13-14H2,1-2H3/t15-/m1/s1. The van der Waals surface area contributed by atoms with E-state index in [9.17, 15) is 18.5 Å². The Bertz CT molecular complexity index is 960. The maximum Gasteiger partial charge on any atom is 0.294 e. The lowest BCUT2D eigenvalue weighted by Gasteiger charge is -2.34. The molecule has 0 amide bonds. The van der Waals surface area contributed by atoms with Gasteiger partial charge in [0.1, 0.15) is 22.1 Å². The van der Waals surface area contributed by atoms with Gasteiger partial charge in [-0.3, -0.25) is 10.1 Å². The first-order valence-corrected chi connectivity index (χ1v) is 11.2. The van der Waals surface area contributed by atoms with Crippen LogP contribution < -0.4 is 9.64 Å². The summed E-state index contributed by atoms with van der Waals surface area (Å²) >= 11 is 0. The van der Waals surface area contributed by atoms with E-state index >= 15 is 0 Å². The van der Waals surface area contributed by atoms with Crippen LogP contribution in [0.2, 0.25) is 0 Å². The largest absolute Gasteiger partial charge is 0.456 e. The van der Waals surface area contributed by atoms with E-state index in [2.05, 4.69) is 6.92 Å². The van der Waals surface area contributed by atoms with E-state index in [1.807, 2.05) is 11.0 Å². The summed E-state index contributed by atoms with van der Waals surface area (Å²) in [5.74, 6) is 0.949. The summed E-state index contributed by atoms with van der Waals surface area (Å²) in [6.45, 7) is 3.25. The highest BCUT2D eigenvalue weighted by molar-refractivity contribution is 7.91. The van der Waals surface area contributed by atoms with Crippen LogP contribution in [0.25, 0.3) is 0 Å². The fourth-order valence-corrected chi connectivity index (χ4v) is 4.71. The number of benzene rings is 2. The van der Waals surface area contributed by atoms with Crippen molar-refractivity contribution in [1.82, 2.24) is 0 Å². The number of para-hydroxylation sites is 1. The number of ether oxygens (including phenoxy) is 1. The minimum absolute atomic E-state index is 0.105. The lowest BCUT2D eigenvalue weighted by atomic mass is 9.95. The Hall–Kier alpha value is -2.61. The molecule has 0 radical (unpaired) electrons. The molecule has 3 rings (SSSR count). The highest BCUT2D eigenvalue weighted by Gasteiger charge is 2.34. The zero-order valence-corrected chi connectivity index (χ0v) is 16.8. The number of nitro benzene ring substituents is 1. The third-order valence-corrected chi connectivity index (χ3v) is 6.16. The molecule has 28 heavy (non-hydrogen) atoms. The minimum Gasteiger partial charge on any atom is -0.456 e. The molecule has 8 heteroatoms. The summed E-state index contributed by atoms with van der Waals surface area (Å²) in [6.07, 6.45) is 3.91. The second-order valence-corrected chi connectivity index (χ2v) is 9.02. The molecular formula is C20H24N2O5S. The number of nitro groups is 1. The lowest BCUT2D eigenvalue weighted by Crippen LogP contribution is -2.36. The van der Waals surface area contributed by atoms with E-state index in [1.165, 1.54) is 12.1 Å². The van der Waals surface area contributed by atoms with Crippen LogP contribution in [0.15, 0.2) is 47.4 Å². The van der Waals surface area contributed by atoms with Gasteiger partial charge in [-0.15, -0.1) is 0 Å². The third-order valence-electron chi connectivity index (χ3n) is 5.03. The summed E-state index contributed by atoms with van der Waals surface area (Å²) in [6, 6.07) is 11.5. The molecule has 1 atom stereocenters. The lowest BCUT2D eigenvalue weighted by molar-refractivity contribution is -0.384. The molecule has 2 aromatic carbocycles. The number of hydrogen-bond acceptors (Lipinski definition) is 6. The highest BCUT2D eigenvalue weighted by Crippen LogP contribution is 2.44. The van der Waals surface area contributed by atoms with Gasteiger partial charge in [-0.05, 0) is 37.0 Å². The number of piperidine rings is 1. The van der Waals surface area contributed by atoms with Crippen molar-refractivity contribution in [2.24, 2.45) is 5.92 Å². The van der Waals surface area contributed by atoms with Crippen LogP contribution in [0.1, 0.15) is 26.2 Å². The average Bonchev–Trinajstić information content (AvgIpc) is 2.67. The van der Waals surface area contributed by atoms with Crippen molar-refractivity contribution in [3.8, 4) is 11.5 Å². The van der Waals surface area contributed by atoms with E-state index in [-0.39, 0.29) is 22.0 Å². The Kier molecular flexibility index (Phi) is 5.88. The summed E-state index contributed by atoms with van der Waals surface area (Å²) in [5, 5.41) is 11.7. The molecule has 1 heterocycles. The molecule has 1 fully saturated rings. The van der Waals surface area contributed by atoms with Gasteiger partial charge in [0.2, 0.25) is 0 Å². The van der Waals surface area contributed by atoms with Crippen LogP contribution in [-0.4, -0.2) is 32.7 Å². The smallest absolute Gasteiger partial charge is 0.294 e. The molecule has 0 N–H and O–H groups in total. The van der Waals surface area contributed by atoms with Crippen LogP contribution in [0.4, 0.5) is 11.4 Å². The SMILES string of the molecule is CC[C@@H]1CCCN(c2c([N+](=O)[O-])ccc(Oc3ccccc3)c2S(C)(=O)=O)C1. The Morgan fingerprint density at radius 1 is 1.21 bits per heavy atom. The molecule has 0 unspecified atom stereocenters. The molecule has 7 nitrogen and oxygen atoms in total. The predicted molar refractivity (Wildman–Crippen MR) is 108 cm³/mol. The molecule has 0 aliphatic carbocycles. The van der Waals surface area contributed by atoms with Crippen molar-refractivity contribution in [3.05, 3.63) is 52.6 Å². The fourth-order valence-electron chi connectivity index (χ4n) is 3.65. The molecule has 1 aliphatic heterocycles. The highest BCUT2D eigenvalue weighted by atomic mass is 32.2. The zero-order chi connectivity index (χ0) is 20.3. The van der Waals surface area contributed by atoms with Crippen LogP contribution in [0, 0.1) is 16.0 Å². The van der Waals surface area contributed by atoms with E-state index in [4.69, 9.17) is 4.74 Å². The molecule has 0 aromatic heterocycles. The summed E-state index contributed by atoms with van der Waals surface area (Å²) in [5.41, 5.74) is -0.0725. The van der Waals surface area contributed by atoms with Gasteiger partial charge in [0.15, 0.2) is 9.84 Å². The first-order chi connectivity index (χ1) is 13.3. The van der Waals surface area contributed by atoms with Gasteiger partial charge < -0.3 is 9.64 Å². The van der Waals surface area contributed by atoms with Gasteiger partial charge in [-0.25, -0.2) is 8.42 Å². The summed E-state index contributed by atoms with van der Waals surface area (Å²) in [4.78, 5) is 12.9. The van der Waals surface area contributed by atoms with E-state index in [0.717, 1.165) is 25.5 Å². The second kappa shape index (κ2) is 8.18. The normalized spacial score (nSPS) is 17.4. The number of sulfone groups is 1. The van der Waals surface area contributed by atoms with Crippen molar-refractivity contribution in [2.75, 3.05) is 24.2 Å². The van der Waals surface area contributed by atoms with E-state index < -0.39 is 14.8 Å². The van der Waals surface area contributed by atoms with Crippen molar-refractivity contribution in [1.29, 1.82) is 0 Å². The Labute approximate surface area is 165 Å². The maximum atomic E-state index is 12.7. The third kappa shape index (κ3) is 4.27. The van der Waals surface area contributed by atoms with Crippen LogP contribution in [0.5, 0.6) is 11.5 Å². The maximum absolute atomic E-state index is 12.7. The fraction of sp³-hybridized carbons (Fsp3) is 0.400.